The van der Waals surface area contributed by atoms with Crippen LogP contribution in [-0.2, 0) is 7.05 Å². The van der Waals surface area contributed by atoms with Gasteiger partial charge in [-0.05, 0) is 44.2 Å². The van der Waals surface area contributed by atoms with Crippen LogP contribution in [0.15, 0.2) is 36.5 Å². The highest BCUT2D eigenvalue weighted by Gasteiger charge is 2.30. The summed E-state index contributed by atoms with van der Waals surface area (Å²) in [5, 5.41) is 18.4. The van der Waals surface area contributed by atoms with Gasteiger partial charge in [0, 0.05) is 24.4 Å². The molecule has 1 aromatic carbocycles. The van der Waals surface area contributed by atoms with Crippen molar-refractivity contribution in [2.24, 2.45) is 7.05 Å². The van der Waals surface area contributed by atoms with E-state index in [-0.39, 0.29) is 28.6 Å². The van der Waals surface area contributed by atoms with Gasteiger partial charge in [0.25, 0.3) is 0 Å². The maximum atomic E-state index is 14.2. The topological polar surface area (TPSA) is 125 Å². The van der Waals surface area contributed by atoms with Crippen molar-refractivity contribution in [1.82, 2.24) is 24.5 Å². The van der Waals surface area contributed by atoms with Crippen LogP contribution in [0.25, 0.3) is 16.8 Å². The number of rotatable bonds is 0. The number of nitriles is 1. The van der Waals surface area contributed by atoms with E-state index in [2.05, 4.69) is 15.2 Å². The number of carbonyl (C=O) groups is 1. The fourth-order valence-corrected chi connectivity index (χ4v) is 4.09. The molecule has 0 aliphatic carbocycles. The summed E-state index contributed by atoms with van der Waals surface area (Å²) in [4.78, 5) is 18.0. The van der Waals surface area contributed by atoms with Gasteiger partial charge in [-0.25, -0.2) is 14.1 Å². The second kappa shape index (κ2) is 7.27. The summed E-state index contributed by atoms with van der Waals surface area (Å²) in [5.74, 6) is -0.504. The van der Waals surface area contributed by atoms with Crippen molar-refractivity contribution in [3.8, 4) is 28.6 Å². The molecule has 4 aromatic rings. The Morgan fingerprint density at radius 1 is 1.24 bits per heavy atom. The number of benzene rings is 1. The van der Waals surface area contributed by atoms with Crippen molar-refractivity contribution < 1.29 is 13.9 Å². The van der Waals surface area contributed by atoms with Crippen LogP contribution >= 0.6 is 0 Å². The second-order valence-electron chi connectivity index (χ2n) is 7.79. The smallest absolute Gasteiger partial charge is 0.230 e. The van der Waals surface area contributed by atoms with Crippen LogP contribution in [0.2, 0.25) is 0 Å². The van der Waals surface area contributed by atoms with Crippen LogP contribution in [-0.4, -0.2) is 30.3 Å². The number of carbonyl (C=O) groups excluding carboxylic acids is 1. The molecule has 1 atom stereocenters. The van der Waals surface area contributed by atoms with E-state index in [1.165, 1.54) is 27.7 Å². The molecule has 5 rings (SSSR count). The molecule has 33 heavy (non-hydrogen) atoms. The van der Waals surface area contributed by atoms with Gasteiger partial charge in [-0.3, -0.25) is 9.48 Å². The summed E-state index contributed by atoms with van der Waals surface area (Å²) in [6.07, 6.45) is 0.800. The highest BCUT2D eigenvalue weighted by Crippen LogP contribution is 2.37. The number of halogens is 1. The molecule has 0 radical (unpaired) electrons. The Kier molecular flexibility index (Phi) is 4.49. The van der Waals surface area contributed by atoms with Crippen LogP contribution in [0.3, 0.4) is 0 Å². The van der Waals surface area contributed by atoms with E-state index in [0.29, 0.717) is 28.1 Å². The zero-order valence-corrected chi connectivity index (χ0v) is 18.0. The van der Waals surface area contributed by atoms with E-state index in [1.54, 1.807) is 39.1 Å². The summed E-state index contributed by atoms with van der Waals surface area (Å²) in [6.45, 7) is 3.50. The van der Waals surface area contributed by atoms with E-state index in [4.69, 9.17) is 10.5 Å². The molecular weight excluding hydrogens is 425 g/mol. The lowest BCUT2D eigenvalue weighted by atomic mass is 10.00. The van der Waals surface area contributed by atoms with Gasteiger partial charge in [0.1, 0.15) is 29.4 Å². The summed E-state index contributed by atoms with van der Waals surface area (Å²) < 4.78 is 23.2. The molecule has 1 aliphatic rings. The maximum Gasteiger partial charge on any atom is 0.230 e. The first kappa shape index (κ1) is 20.4. The summed E-state index contributed by atoms with van der Waals surface area (Å²) in [5.41, 5.74) is 8.85. The molecule has 164 valence electrons. The fraction of sp³-hybridized carbons (Fsp3) is 0.174. The normalized spacial score (nSPS) is 14.8. The molecule has 0 unspecified atom stereocenters. The van der Waals surface area contributed by atoms with Crippen molar-refractivity contribution >= 4 is 11.6 Å². The lowest BCUT2D eigenvalue weighted by Crippen LogP contribution is -2.18. The maximum absolute atomic E-state index is 14.2. The Labute approximate surface area is 187 Å². The molecule has 0 spiro atoms. The van der Waals surface area contributed by atoms with Crippen molar-refractivity contribution in [2.75, 3.05) is 5.73 Å². The number of nitrogens with zero attached hydrogens (tertiary/aromatic N) is 6. The fourth-order valence-electron chi connectivity index (χ4n) is 4.09. The molecule has 0 amide bonds. The van der Waals surface area contributed by atoms with Gasteiger partial charge in [0.05, 0.1) is 16.9 Å². The van der Waals surface area contributed by atoms with Crippen LogP contribution in [0.5, 0.6) is 5.75 Å². The molecule has 4 heterocycles. The number of aryl methyl sites for hydroxylation is 2. The highest BCUT2D eigenvalue weighted by atomic mass is 19.1. The molecule has 10 heteroatoms. The number of anilines is 1. The predicted molar refractivity (Wildman–Crippen MR) is 116 cm³/mol. The Hall–Kier alpha value is -4.52. The lowest BCUT2D eigenvalue weighted by Gasteiger charge is -2.21. The van der Waals surface area contributed by atoms with E-state index < -0.39 is 17.7 Å². The first-order valence-corrected chi connectivity index (χ1v) is 10.1. The standard InChI is InChI=1S/C23H18FN7O2/c1-11-6-18-22(32)21-20(16(9-25)29-30(21)3)13-7-19(23(26)27-10-13)33-12(2)15-8-14(24)4-5-17(15)31(18)28-11/h4-8,10,12H,1-3H3,(H2,26,27)/t12-/m1/s1. The average molecular weight is 443 g/mol. The molecule has 0 fully saturated rings. The zero-order valence-electron chi connectivity index (χ0n) is 18.0. The van der Waals surface area contributed by atoms with E-state index in [0.717, 1.165) is 0 Å². The van der Waals surface area contributed by atoms with Crippen molar-refractivity contribution in [1.29, 1.82) is 5.26 Å². The average Bonchev–Trinajstić information content (AvgIpc) is 3.33. The molecule has 2 N–H and O–H groups in total. The summed E-state index contributed by atoms with van der Waals surface area (Å²) in [7, 11) is 1.59. The van der Waals surface area contributed by atoms with Crippen molar-refractivity contribution in [2.45, 2.75) is 20.0 Å². The molecule has 9 nitrogen and oxygen atoms in total. The molecule has 0 saturated heterocycles. The van der Waals surface area contributed by atoms with Gasteiger partial charge < -0.3 is 10.5 Å². The number of hydrogen-bond donors (Lipinski definition) is 1. The number of fused-ring (bicyclic) bond motifs is 7. The molecule has 3 aromatic heterocycles. The number of nitrogens with two attached hydrogens (primary N) is 1. The highest BCUT2D eigenvalue weighted by molar-refractivity contribution is 6.11. The summed E-state index contributed by atoms with van der Waals surface area (Å²) >= 11 is 0. The first-order chi connectivity index (χ1) is 15.8. The van der Waals surface area contributed by atoms with Crippen LogP contribution < -0.4 is 10.5 Å². The Morgan fingerprint density at radius 3 is 2.79 bits per heavy atom. The van der Waals surface area contributed by atoms with Gasteiger partial charge in [-0.1, -0.05) is 0 Å². The van der Waals surface area contributed by atoms with Gasteiger partial charge in [0.15, 0.2) is 17.3 Å². The SMILES string of the molecule is Cc1cc2n(n1)-c1ccc(F)cc1[C@@H](C)Oc1cc(cnc1N)-c1c(C#N)nn(C)c1C2=O. The third kappa shape index (κ3) is 3.13. The number of ketones is 1. The van der Waals surface area contributed by atoms with Crippen LogP contribution in [0.4, 0.5) is 10.2 Å². The van der Waals surface area contributed by atoms with Gasteiger partial charge >= 0.3 is 0 Å². The third-order valence-corrected chi connectivity index (χ3v) is 5.56. The third-order valence-electron chi connectivity index (χ3n) is 5.56. The zero-order chi connectivity index (χ0) is 23.4. The Bertz CT molecular complexity index is 1500. The van der Waals surface area contributed by atoms with Crippen molar-refractivity contribution in [3.05, 3.63) is 70.7 Å². The second-order valence-corrected chi connectivity index (χ2v) is 7.79. The first-order valence-electron chi connectivity index (χ1n) is 10.1. The lowest BCUT2D eigenvalue weighted by molar-refractivity contribution is 0.102. The predicted octanol–water partition coefficient (Wildman–Crippen LogP) is 3.25. The minimum atomic E-state index is -0.661. The van der Waals surface area contributed by atoms with Crippen LogP contribution in [0, 0.1) is 24.1 Å². The van der Waals surface area contributed by atoms with E-state index in [1.807, 2.05) is 6.07 Å². The number of ether oxygens (including phenoxy) is 1. The number of pyridine rings is 1. The van der Waals surface area contributed by atoms with Crippen molar-refractivity contribution in [3.63, 3.8) is 0 Å². The van der Waals surface area contributed by atoms with Gasteiger partial charge in [0.2, 0.25) is 5.78 Å². The molecule has 0 saturated carbocycles. The van der Waals surface area contributed by atoms with Gasteiger partial charge in [-0.15, -0.1) is 0 Å². The Balaban J connectivity index is 1.90. The number of hydrogen-bond acceptors (Lipinski definition) is 7. The summed E-state index contributed by atoms with van der Waals surface area (Å²) in [6, 6.07) is 9.47. The number of nitrogen functional groups attached to an aromatic ring is 1. The Morgan fingerprint density at radius 2 is 2.03 bits per heavy atom. The van der Waals surface area contributed by atoms with Crippen LogP contribution in [0.1, 0.15) is 46.2 Å². The molecule has 2 bridgehead atoms. The number of aromatic nitrogens is 5. The van der Waals surface area contributed by atoms with E-state index >= 15 is 0 Å². The molecular formula is C23H18FN7O2. The molecule has 1 aliphatic heterocycles. The minimum Gasteiger partial charge on any atom is -0.482 e. The van der Waals surface area contributed by atoms with E-state index in [9.17, 15) is 14.4 Å². The quantitative estimate of drug-likeness (QED) is 0.442. The monoisotopic (exact) mass is 443 g/mol. The van der Waals surface area contributed by atoms with Gasteiger partial charge in [-0.2, -0.15) is 15.5 Å². The largest absolute Gasteiger partial charge is 0.482 e. The minimum absolute atomic E-state index is 0.0636.